The fourth-order valence-electron chi connectivity index (χ4n) is 2.09. The molecule has 0 unspecified atom stereocenters. The Bertz CT molecular complexity index is 660. The van der Waals surface area contributed by atoms with E-state index >= 15 is 0 Å². The van der Waals surface area contributed by atoms with E-state index in [2.05, 4.69) is 17.4 Å². The van der Waals surface area contributed by atoms with Crippen molar-refractivity contribution >= 4 is 23.4 Å². The third kappa shape index (κ3) is 3.54. The number of amides is 1. The van der Waals surface area contributed by atoms with E-state index in [1.807, 2.05) is 31.2 Å². The molecular weight excluding hydrogens is 298 g/mol. The summed E-state index contributed by atoms with van der Waals surface area (Å²) in [6, 6.07) is 15.5. The summed E-state index contributed by atoms with van der Waals surface area (Å²) in [4.78, 5) is 12.2. The molecule has 22 heavy (non-hydrogen) atoms. The summed E-state index contributed by atoms with van der Waals surface area (Å²) in [6.07, 6.45) is 0. The number of hydrogen-bond acceptors (Lipinski definition) is 4. The first kappa shape index (κ1) is 14.8. The van der Waals surface area contributed by atoms with Crippen molar-refractivity contribution in [1.29, 1.82) is 0 Å². The molecule has 0 saturated carbocycles. The molecule has 0 radical (unpaired) electrons. The molecule has 2 aromatic rings. The lowest BCUT2D eigenvalue weighted by Crippen LogP contribution is -2.22. The van der Waals surface area contributed by atoms with Gasteiger partial charge in [0.2, 0.25) is 12.7 Å². The lowest BCUT2D eigenvalue weighted by Gasteiger charge is -2.12. The van der Waals surface area contributed by atoms with Crippen molar-refractivity contribution in [2.45, 2.75) is 17.9 Å². The van der Waals surface area contributed by atoms with Crippen molar-refractivity contribution in [1.82, 2.24) is 0 Å². The average Bonchev–Trinajstić information content (AvgIpc) is 3.01. The zero-order valence-corrected chi connectivity index (χ0v) is 13.1. The zero-order chi connectivity index (χ0) is 15.4. The highest BCUT2D eigenvalue weighted by atomic mass is 32.2. The highest BCUT2D eigenvalue weighted by molar-refractivity contribution is 7.99. The predicted molar refractivity (Wildman–Crippen MR) is 88.4 cm³/mol. The fraction of sp³-hybridized carbons (Fsp3) is 0.235. The lowest BCUT2D eigenvalue weighted by atomic mass is 10.2. The van der Waals surface area contributed by atoms with Crippen LogP contribution in [0.2, 0.25) is 0 Å². The Morgan fingerprint density at radius 2 is 1.95 bits per heavy atom. The van der Waals surface area contributed by atoms with Crippen LogP contribution < -0.4 is 14.8 Å². The van der Waals surface area contributed by atoms with Crippen LogP contribution in [0, 0.1) is 0 Å². The van der Waals surface area contributed by atoms with Gasteiger partial charge in [-0.05, 0) is 24.6 Å². The fourth-order valence-corrected chi connectivity index (χ4v) is 2.93. The van der Waals surface area contributed by atoms with E-state index in [4.69, 9.17) is 9.47 Å². The molecule has 0 saturated heterocycles. The van der Waals surface area contributed by atoms with Crippen molar-refractivity contribution in [3.63, 3.8) is 0 Å². The first-order chi connectivity index (χ1) is 10.7. The molecular formula is C17H17NO3S. The topological polar surface area (TPSA) is 47.6 Å². The smallest absolute Gasteiger partial charge is 0.237 e. The molecule has 1 heterocycles. The summed E-state index contributed by atoms with van der Waals surface area (Å²) in [7, 11) is 0. The van der Waals surface area contributed by atoms with Gasteiger partial charge in [-0.2, -0.15) is 0 Å². The molecule has 4 nitrogen and oxygen atoms in total. The van der Waals surface area contributed by atoms with E-state index in [0.717, 1.165) is 11.4 Å². The van der Waals surface area contributed by atoms with Crippen LogP contribution >= 0.6 is 11.8 Å². The van der Waals surface area contributed by atoms with Gasteiger partial charge in [0.1, 0.15) is 0 Å². The van der Waals surface area contributed by atoms with Gasteiger partial charge < -0.3 is 14.8 Å². The van der Waals surface area contributed by atoms with E-state index < -0.39 is 0 Å². The zero-order valence-electron chi connectivity index (χ0n) is 12.2. The van der Waals surface area contributed by atoms with Crippen LogP contribution in [0.1, 0.15) is 12.5 Å². The number of anilines is 1. The second kappa shape index (κ2) is 6.75. The predicted octanol–water partition coefficient (Wildman–Crippen LogP) is 3.68. The molecule has 1 N–H and O–H groups in total. The van der Waals surface area contributed by atoms with Crippen molar-refractivity contribution in [3.8, 4) is 11.5 Å². The summed E-state index contributed by atoms with van der Waals surface area (Å²) < 4.78 is 10.6. The van der Waals surface area contributed by atoms with Gasteiger partial charge in [0.25, 0.3) is 0 Å². The van der Waals surface area contributed by atoms with Crippen molar-refractivity contribution in [3.05, 3.63) is 54.1 Å². The number of thioether (sulfide) groups is 1. The first-order valence-electron chi connectivity index (χ1n) is 7.08. The van der Waals surface area contributed by atoms with Crippen molar-refractivity contribution in [2.75, 3.05) is 12.1 Å². The molecule has 1 aliphatic heterocycles. The van der Waals surface area contributed by atoms with Crippen LogP contribution in [-0.4, -0.2) is 18.0 Å². The number of benzene rings is 2. The Labute approximate surface area is 133 Å². The Kier molecular flexibility index (Phi) is 4.53. The van der Waals surface area contributed by atoms with Gasteiger partial charge in [0.05, 0.1) is 5.25 Å². The number of ether oxygens (including phenoxy) is 2. The molecule has 0 aromatic heterocycles. The second-order valence-corrected chi connectivity index (χ2v) is 6.33. The van der Waals surface area contributed by atoms with Crippen LogP contribution in [0.5, 0.6) is 11.5 Å². The number of fused-ring (bicyclic) bond motifs is 1. The van der Waals surface area contributed by atoms with E-state index in [0.29, 0.717) is 11.5 Å². The van der Waals surface area contributed by atoms with Gasteiger partial charge >= 0.3 is 0 Å². The molecule has 2 aromatic carbocycles. The number of carbonyl (C=O) groups is 1. The molecule has 5 heteroatoms. The van der Waals surface area contributed by atoms with E-state index in [-0.39, 0.29) is 18.0 Å². The highest BCUT2D eigenvalue weighted by Crippen LogP contribution is 2.34. The quantitative estimate of drug-likeness (QED) is 0.914. The van der Waals surface area contributed by atoms with E-state index in [1.54, 1.807) is 23.9 Å². The highest BCUT2D eigenvalue weighted by Gasteiger charge is 2.17. The largest absolute Gasteiger partial charge is 0.454 e. The van der Waals surface area contributed by atoms with Gasteiger partial charge in [-0.15, -0.1) is 11.8 Å². The normalized spacial score (nSPS) is 13.7. The maximum absolute atomic E-state index is 12.2. The maximum atomic E-state index is 12.2. The van der Waals surface area contributed by atoms with Crippen LogP contribution in [-0.2, 0) is 10.5 Å². The monoisotopic (exact) mass is 315 g/mol. The second-order valence-electron chi connectivity index (χ2n) is 5.00. The molecule has 1 aliphatic rings. The molecule has 0 spiro atoms. The van der Waals surface area contributed by atoms with Crippen LogP contribution in [0.3, 0.4) is 0 Å². The summed E-state index contributed by atoms with van der Waals surface area (Å²) in [5.74, 6) is 2.18. The van der Waals surface area contributed by atoms with Crippen LogP contribution in [0.4, 0.5) is 5.69 Å². The average molecular weight is 315 g/mol. The molecule has 0 aliphatic carbocycles. The Balaban J connectivity index is 1.55. The minimum absolute atomic E-state index is 0.0141. The van der Waals surface area contributed by atoms with Gasteiger partial charge in [-0.25, -0.2) is 0 Å². The van der Waals surface area contributed by atoms with Gasteiger partial charge in [-0.1, -0.05) is 30.3 Å². The maximum Gasteiger partial charge on any atom is 0.237 e. The third-order valence-corrected chi connectivity index (χ3v) is 4.57. The SMILES string of the molecule is C[C@H](SCc1ccccc1)C(=O)Nc1ccc2c(c1)OCO2. The summed E-state index contributed by atoms with van der Waals surface area (Å²) in [6.45, 7) is 2.14. The molecule has 1 amide bonds. The van der Waals surface area contributed by atoms with Crippen molar-refractivity contribution in [2.24, 2.45) is 0 Å². The molecule has 0 fully saturated rings. The van der Waals surface area contributed by atoms with Crippen LogP contribution in [0.25, 0.3) is 0 Å². The molecule has 1 atom stereocenters. The summed E-state index contributed by atoms with van der Waals surface area (Å²) >= 11 is 1.61. The van der Waals surface area contributed by atoms with Gasteiger partial charge in [0.15, 0.2) is 11.5 Å². The number of rotatable bonds is 5. The Morgan fingerprint density at radius 1 is 1.18 bits per heavy atom. The van der Waals surface area contributed by atoms with Crippen molar-refractivity contribution < 1.29 is 14.3 Å². The number of carbonyl (C=O) groups excluding carboxylic acids is 1. The third-order valence-electron chi connectivity index (χ3n) is 3.35. The summed E-state index contributed by atoms with van der Waals surface area (Å²) in [5, 5.41) is 2.78. The van der Waals surface area contributed by atoms with Gasteiger partial charge in [0, 0.05) is 17.5 Å². The van der Waals surface area contributed by atoms with E-state index in [1.165, 1.54) is 5.56 Å². The molecule has 0 bridgehead atoms. The number of nitrogens with one attached hydrogen (secondary N) is 1. The minimum atomic E-state index is -0.134. The number of hydrogen-bond donors (Lipinski definition) is 1. The lowest BCUT2D eigenvalue weighted by molar-refractivity contribution is -0.115. The van der Waals surface area contributed by atoms with Crippen LogP contribution in [0.15, 0.2) is 48.5 Å². The van der Waals surface area contributed by atoms with E-state index in [9.17, 15) is 4.79 Å². The first-order valence-corrected chi connectivity index (χ1v) is 8.13. The minimum Gasteiger partial charge on any atom is -0.454 e. The Hall–Kier alpha value is -2.14. The van der Waals surface area contributed by atoms with Gasteiger partial charge in [-0.3, -0.25) is 4.79 Å². The summed E-state index contributed by atoms with van der Waals surface area (Å²) in [5.41, 5.74) is 1.94. The molecule has 114 valence electrons. The Morgan fingerprint density at radius 3 is 2.77 bits per heavy atom. The standard InChI is InChI=1S/C17H17NO3S/c1-12(22-10-13-5-3-2-4-6-13)17(19)18-14-7-8-15-16(9-14)21-11-20-15/h2-9,12H,10-11H2,1H3,(H,18,19)/t12-/m0/s1. The molecule has 3 rings (SSSR count).